The average Bonchev–Trinajstić information content (AvgIpc) is 3.09. The highest BCUT2D eigenvalue weighted by Gasteiger charge is 2.28. The lowest BCUT2D eigenvalue weighted by Crippen LogP contribution is -2.31. The molecule has 2 aromatic carbocycles. The van der Waals surface area contributed by atoms with E-state index in [1.54, 1.807) is 17.0 Å². The molecule has 1 atom stereocenters. The molecule has 0 aliphatic carbocycles. The lowest BCUT2D eigenvalue weighted by molar-refractivity contribution is 0.0772. The van der Waals surface area contributed by atoms with Crippen LogP contribution in [0.1, 0.15) is 22.3 Å². The lowest BCUT2D eigenvalue weighted by atomic mass is 10.1. The molecule has 1 aliphatic rings. The molecule has 1 heterocycles. The summed E-state index contributed by atoms with van der Waals surface area (Å²) in [6, 6.07) is 17.0. The number of carbonyl (C=O) groups excluding carboxylic acids is 1. The predicted molar refractivity (Wildman–Crippen MR) is 96.9 cm³/mol. The van der Waals surface area contributed by atoms with Crippen LogP contribution in [0.25, 0.3) is 0 Å². The third-order valence-corrected chi connectivity index (χ3v) is 4.29. The van der Waals surface area contributed by atoms with Crippen LogP contribution in [0.5, 0.6) is 5.75 Å². The van der Waals surface area contributed by atoms with Crippen molar-refractivity contribution in [3.63, 3.8) is 0 Å². The van der Waals surface area contributed by atoms with Gasteiger partial charge in [-0.25, -0.2) is 0 Å². The van der Waals surface area contributed by atoms with E-state index >= 15 is 0 Å². The SMILES string of the molecule is CN(C)c1cc(C#N)cc(C(=O)N2CC[C@H](Oc3ccccc3)C2)c1. The minimum Gasteiger partial charge on any atom is -0.489 e. The fourth-order valence-corrected chi connectivity index (χ4v) is 2.94. The van der Waals surface area contributed by atoms with E-state index in [0.29, 0.717) is 24.2 Å². The molecule has 0 unspecified atom stereocenters. The van der Waals surface area contributed by atoms with Crippen molar-refractivity contribution in [2.24, 2.45) is 0 Å². The van der Waals surface area contributed by atoms with Crippen molar-refractivity contribution < 1.29 is 9.53 Å². The first-order valence-corrected chi connectivity index (χ1v) is 8.30. The second kappa shape index (κ2) is 7.27. The van der Waals surface area contributed by atoms with Crippen molar-refractivity contribution in [1.29, 1.82) is 5.26 Å². The number of rotatable bonds is 4. The van der Waals surface area contributed by atoms with Crippen molar-refractivity contribution in [1.82, 2.24) is 4.90 Å². The maximum atomic E-state index is 12.8. The summed E-state index contributed by atoms with van der Waals surface area (Å²) < 4.78 is 5.94. The second-order valence-electron chi connectivity index (χ2n) is 6.37. The quantitative estimate of drug-likeness (QED) is 0.862. The summed E-state index contributed by atoms with van der Waals surface area (Å²) >= 11 is 0. The Hall–Kier alpha value is -3.00. The number of hydrogen-bond donors (Lipinski definition) is 0. The van der Waals surface area contributed by atoms with Crippen LogP contribution in [0.15, 0.2) is 48.5 Å². The Bertz CT molecular complexity index is 796. The third-order valence-electron chi connectivity index (χ3n) is 4.29. The molecular formula is C20H21N3O2. The molecule has 2 aromatic rings. The zero-order valence-corrected chi connectivity index (χ0v) is 14.5. The van der Waals surface area contributed by atoms with Gasteiger partial charge in [0.15, 0.2) is 0 Å². The number of amides is 1. The van der Waals surface area contributed by atoms with Gasteiger partial charge in [-0.1, -0.05) is 18.2 Å². The van der Waals surface area contributed by atoms with Crippen LogP contribution in [-0.4, -0.2) is 44.1 Å². The molecule has 3 rings (SSSR count). The fourth-order valence-electron chi connectivity index (χ4n) is 2.94. The van der Waals surface area contributed by atoms with Crippen LogP contribution in [-0.2, 0) is 0 Å². The zero-order chi connectivity index (χ0) is 17.8. The van der Waals surface area contributed by atoms with Gasteiger partial charge in [-0.2, -0.15) is 5.26 Å². The van der Waals surface area contributed by atoms with Crippen molar-refractivity contribution in [2.75, 3.05) is 32.1 Å². The van der Waals surface area contributed by atoms with Gasteiger partial charge >= 0.3 is 0 Å². The van der Waals surface area contributed by atoms with Crippen LogP contribution >= 0.6 is 0 Å². The summed E-state index contributed by atoms with van der Waals surface area (Å²) in [6.45, 7) is 1.21. The number of hydrogen-bond acceptors (Lipinski definition) is 4. The number of benzene rings is 2. The summed E-state index contributed by atoms with van der Waals surface area (Å²) in [7, 11) is 3.79. The molecule has 0 saturated carbocycles. The highest BCUT2D eigenvalue weighted by Crippen LogP contribution is 2.22. The van der Waals surface area contributed by atoms with Gasteiger partial charge in [-0.05, 0) is 30.3 Å². The first kappa shape index (κ1) is 16.8. The molecule has 0 N–H and O–H groups in total. The highest BCUT2D eigenvalue weighted by molar-refractivity contribution is 5.95. The fraction of sp³-hybridized carbons (Fsp3) is 0.300. The predicted octanol–water partition coefficient (Wildman–Crippen LogP) is 2.92. The van der Waals surface area contributed by atoms with Crippen molar-refractivity contribution in [3.8, 4) is 11.8 Å². The Morgan fingerprint density at radius 2 is 2.00 bits per heavy atom. The Kier molecular flexibility index (Phi) is 4.90. The first-order valence-electron chi connectivity index (χ1n) is 8.30. The van der Waals surface area contributed by atoms with E-state index in [2.05, 4.69) is 6.07 Å². The summed E-state index contributed by atoms with van der Waals surface area (Å²) in [6.07, 6.45) is 0.804. The van der Waals surface area contributed by atoms with Crippen LogP contribution in [0.3, 0.4) is 0 Å². The Labute approximate surface area is 148 Å². The lowest BCUT2D eigenvalue weighted by Gasteiger charge is -2.19. The van der Waals surface area contributed by atoms with Crippen LogP contribution in [0.4, 0.5) is 5.69 Å². The zero-order valence-electron chi connectivity index (χ0n) is 14.5. The van der Waals surface area contributed by atoms with Crippen molar-refractivity contribution in [3.05, 3.63) is 59.7 Å². The standard InChI is InChI=1S/C20H21N3O2/c1-22(2)17-11-15(13-21)10-16(12-17)20(24)23-9-8-19(14-23)25-18-6-4-3-5-7-18/h3-7,10-12,19H,8-9,14H2,1-2H3/t19-/m0/s1. The van der Waals surface area contributed by atoms with E-state index < -0.39 is 0 Å². The summed E-state index contributed by atoms with van der Waals surface area (Å²) in [4.78, 5) is 16.5. The van der Waals surface area contributed by atoms with Gasteiger partial charge in [0.05, 0.1) is 18.2 Å². The van der Waals surface area contributed by atoms with Crippen LogP contribution in [0, 0.1) is 11.3 Å². The topological polar surface area (TPSA) is 56.6 Å². The van der Waals surface area contributed by atoms with Crippen LogP contribution in [0.2, 0.25) is 0 Å². The van der Waals surface area contributed by atoms with Gasteiger partial charge in [0.2, 0.25) is 0 Å². The number of ether oxygens (including phenoxy) is 1. The van der Waals surface area contributed by atoms with Gasteiger partial charge in [-0.3, -0.25) is 4.79 Å². The van der Waals surface area contributed by atoms with Gasteiger partial charge in [0, 0.05) is 38.3 Å². The number of para-hydroxylation sites is 1. The second-order valence-corrected chi connectivity index (χ2v) is 6.37. The normalized spacial score (nSPS) is 16.4. The van der Waals surface area contributed by atoms with E-state index in [4.69, 9.17) is 4.74 Å². The van der Waals surface area contributed by atoms with Gasteiger partial charge in [0.1, 0.15) is 11.9 Å². The minimum atomic E-state index is -0.0561. The average molecular weight is 335 g/mol. The minimum absolute atomic E-state index is 0.00109. The van der Waals surface area contributed by atoms with E-state index in [-0.39, 0.29) is 12.0 Å². The molecule has 1 aliphatic heterocycles. The molecular weight excluding hydrogens is 314 g/mol. The summed E-state index contributed by atoms with van der Waals surface area (Å²) in [5.74, 6) is 0.766. The Morgan fingerprint density at radius 1 is 1.24 bits per heavy atom. The van der Waals surface area contributed by atoms with E-state index in [9.17, 15) is 10.1 Å². The number of nitriles is 1. The van der Waals surface area contributed by atoms with Gasteiger partial charge in [-0.15, -0.1) is 0 Å². The summed E-state index contributed by atoms with van der Waals surface area (Å²) in [5, 5.41) is 9.21. The maximum Gasteiger partial charge on any atom is 0.254 e. The van der Waals surface area contributed by atoms with E-state index in [0.717, 1.165) is 17.9 Å². The van der Waals surface area contributed by atoms with Crippen molar-refractivity contribution in [2.45, 2.75) is 12.5 Å². The molecule has 0 radical (unpaired) electrons. The molecule has 1 saturated heterocycles. The molecule has 0 bridgehead atoms. The Balaban J connectivity index is 1.72. The largest absolute Gasteiger partial charge is 0.489 e. The third kappa shape index (κ3) is 3.92. The molecule has 0 spiro atoms. The Morgan fingerprint density at radius 3 is 2.68 bits per heavy atom. The number of carbonyl (C=O) groups is 1. The molecule has 0 aromatic heterocycles. The molecule has 5 nitrogen and oxygen atoms in total. The maximum absolute atomic E-state index is 12.8. The van der Waals surface area contributed by atoms with Crippen molar-refractivity contribution >= 4 is 11.6 Å². The highest BCUT2D eigenvalue weighted by atomic mass is 16.5. The molecule has 1 amide bonds. The van der Waals surface area contributed by atoms with E-state index in [1.165, 1.54) is 0 Å². The number of nitrogens with zero attached hydrogens (tertiary/aromatic N) is 3. The molecule has 1 fully saturated rings. The van der Waals surface area contributed by atoms with Gasteiger partial charge < -0.3 is 14.5 Å². The smallest absolute Gasteiger partial charge is 0.254 e. The first-order chi connectivity index (χ1) is 12.1. The van der Waals surface area contributed by atoms with Gasteiger partial charge in [0.25, 0.3) is 5.91 Å². The van der Waals surface area contributed by atoms with Crippen LogP contribution < -0.4 is 9.64 Å². The van der Waals surface area contributed by atoms with E-state index in [1.807, 2.05) is 55.4 Å². The number of likely N-dealkylation sites (tertiary alicyclic amines) is 1. The number of anilines is 1. The molecule has 128 valence electrons. The molecule has 25 heavy (non-hydrogen) atoms. The monoisotopic (exact) mass is 335 g/mol. The molecule has 5 heteroatoms. The summed E-state index contributed by atoms with van der Waals surface area (Å²) in [5.41, 5.74) is 1.88.